The van der Waals surface area contributed by atoms with Crippen LogP contribution < -0.4 is 10.2 Å². The summed E-state index contributed by atoms with van der Waals surface area (Å²) in [7, 11) is 1.93. The van der Waals surface area contributed by atoms with Gasteiger partial charge >= 0.3 is 0 Å². The van der Waals surface area contributed by atoms with E-state index in [9.17, 15) is 4.79 Å². The second-order valence-corrected chi connectivity index (χ2v) is 3.29. The Kier molecular flexibility index (Phi) is 7.03. The van der Waals surface area contributed by atoms with E-state index in [-0.39, 0.29) is 11.9 Å². The molecule has 0 aliphatic carbocycles. The lowest BCUT2D eigenvalue weighted by Gasteiger charge is -2.32. The largest absolute Gasteiger partial charge is 0.361 e. The van der Waals surface area contributed by atoms with Gasteiger partial charge in [-0.15, -0.1) is 0 Å². The fourth-order valence-corrected chi connectivity index (χ4v) is 1.51. The highest BCUT2D eigenvalue weighted by Crippen LogP contribution is 2.29. The van der Waals surface area contributed by atoms with Crippen LogP contribution >= 0.6 is 0 Å². The number of hydrogen-bond acceptors (Lipinski definition) is 2. The third-order valence-corrected chi connectivity index (χ3v) is 2.50. The minimum absolute atomic E-state index is 0.0567. The molecule has 0 radical (unpaired) electrons. The van der Waals surface area contributed by atoms with Crippen molar-refractivity contribution in [3.63, 3.8) is 0 Å². The van der Waals surface area contributed by atoms with Gasteiger partial charge < -0.3 is 10.2 Å². The van der Waals surface area contributed by atoms with Crippen LogP contribution in [-0.4, -0.2) is 19.0 Å². The molecule has 1 aliphatic rings. The lowest BCUT2D eigenvalue weighted by Crippen LogP contribution is -2.43. The molecular weight excluding hydrogens is 212 g/mol. The topological polar surface area (TPSA) is 32.3 Å². The molecule has 1 aromatic rings. The van der Waals surface area contributed by atoms with Crippen LogP contribution in [0, 0.1) is 0 Å². The van der Waals surface area contributed by atoms with Crippen molar-refractivity contribution in [3.05, 3.63) is 24.3 Å². The molecule has 1 amide bonds. The van der Waals surface area contributed by atoms with Gasteiger partial charge in [0.25, 0.3) is 0 Å². The van der Waals surface area contributed by atoms with Gasteiger partial charge in [-0.05, 0) is 19.1 Å². The van der Waals surface area contributed by atoms with Gasteiger partial charge in [0.05, 0.1) is 11.4 Å². The van der Waals surface area contributed by atoms with E-state index in [0.717, 1.165) is 11.4 Å². The van der Waals surface area contributed by atoms with E-state index < -0.39 is 0 Å². The molecule has 1 heterocycles. The number of anilines is 2. The number of nitrogens with zero attached hydrogens (tertiary/aromatic N) is 1. The van der Waals surface area contributed by atoms with Gasteiger partial charge in [0.15, 0.2) is 0 Å². The Balaban J connectivity index is 0.000000581. The molecule has 0 saturated carbocycles. The summed E-state index contributed by atoms with van der Waals surface area (Å²) in [5.74, 6) is 0.0567. The molecule has 1 atom stereocenters. The Morgan fingerprint density at radius 3 is 2.24 bits per heavy atom. The van der Waals surface area contributed by atoms with E-state index in [1.54, 1.807) is 0 Å². The first-order valence-electron chi connectivity index (χ1n) is 6.33. The summed E-state index contributed by atoms with van der Waals surface area (Å²) in [6.45, 7) is 9.89. The summed E-state index contributed by atoms with van der Waals surface area (Å²) < 4.78 is 0. The molecule has 1 N–H and O–H groups in total. The molecule has 0 bridgehead atoms. The molecule has 3 heteroatoms. The molecule has 1 aromatic carbocycles. The maximum atomic E-state index is 11.4. The number of para-hydroxylation sites is 2. The Labute approximate surface area is 105 Å². The molecule has 96 valence electrons. The number of rotatable bonds is 0. The van der Waals surface area contributed by atoms with E-state index in [1.807, 2.05) is 70.8 Å². The van der Waals surface area contributed by atoms with E-state index in [4.69, 9.17) is 0 Å². The summed E-state index contributed by atoms with van der Waals surface area (Å²) in [5.41, 5.74) is 1.97. The summed E-state index contributed by atoms with van der Waals surface area (Å²) in [6.07, 6.45) is 0. The first-order valence-corrected chi connectivity index (χ1v) is 6.33. The Bertz CT molecular complexity index is 350. The zero-order chi connectivity index (χ0) is 13.4. The smallest absolute Gasteiger partial charge is 0.246 e. The number of hydrogen-bond donors (Lipinski definition) is 1. The zero-order valence-corrected chi connectivity index (χ0v) is 11.7. The first-order chi connectivity index (χ1) is 8.20. The van der Waals surface area contributed by atoms with Crippen molar-refractivity contribution in [2.24, 2.45) is 0 Å². The van der Waals surface area contributed by atoms with E-state index in [1.165, 1.54) is 0 Å². The number of likely N-dealkylation sites (N-methyl/N-ethyl adjacent to an activating group) is 1. The first kappa shape index (κ1) is 15.5. The molecule has 1 unspecified atom stereocenters. The predicted octanol–water partition coefficient (Wildman–Crippen LogP) is 3.52. The highest BCUT2D eigenvalue weighted by molar-refractivity contribution is 6.03. The predicted molar refractivity (Wildman–Crippen MR) is 75.6 cm³/mol. The van der Waals surface area contributed by atoms with Crippen molar-refractivity contribution in [2.75, 3.05) is 17.3 Å². The Morgan fingerprint density at radius 2 is 1.65 bits per heavy atom. The van der Waals surface area contributed by atoms with E-state index in [2.05, 4.69) is 5.32 Å². The van der Waals surface area contributed by atoms with Gasteiger partial charge in [-0.3, -0.25) is 4.79 Å². The average molecular weight is 236 g/mol. The van der Waals surface area contributed by atoms with Crippen LogP contribution in [0.5, 0.6) is 0 Å². The van der Waals surface area contributed by atoms with Crippen LogP contribution in [0.15, 0.2) is 24.3 Å². The summed E-state index contributed by atoms with van der Waals surface area (Å²) in [5, 5.41) is 2.86. The SMILES string of the molecule is CC.CC.CC1C(=O)Nc2ccccc2N1C. The van der Waals surface area contributed by atoms with Gasteiger partial charge in [0.1, 0.15) is 6.04 Å². The van der Waals surface area contributed by atoms with Crippen LogP contribution in [0.2, 0.25) is 0 Å². The van der Waals surface area contributed by atoms with Crippen molar-refractivity contribution in [1.29, 1.82) is 0 Å². The molecule has 17 heavy (non-hydrogen) atoms. The van der Waals surface area contributed by atoms with Crippen molar-refractivity contribution >= 4 is 17.3 Å². The summed E-state index contributed by atoms with van der Waals surface area (Å²) >= 11 is 0. The number of amides is 1. The Morgan fingerprint density at radius 1 is 1.12 bits per heavy atom. The normalized spacial score (nSPS) is 16.7. The highest BCUT2D eigenvalue weighted by Gasteiger charge is 2.25. The van der Waals surface area contributed by atoms with Gasteiger partial charge in [-0.1, -0.05) is 39.8 Å². The van der Waals surface area contributed by atoms with Crippen LogP contribution in [0.3, 0.4) is 0 Å². The monoisotopic (exact) mass is 236 g/mol. The zero-order valence-electron chi connectivity index (χ0n) is 11.7. The maximum absolute atomic E-state index is 11.4. The number of fused-ring (bicyclic) bond motifs is 1. The second-order valence-electron chi connectivity index (χ2n) is 3.29. The number of nitrogens with one attached hydrogen (secondary N) is 1. The van der Waals surface area contributed by atoms with Crippen LogP contribution in [0.25, 0.3) is 0 Å². The van der Waals surface area contributed by atoms with Crippen molar-refractivity contribution in [3.8, 4) is 0 Å². The molecule has 0 aromatic heterocycles. The molecule has 0 fully saturated rings. The van der Waals surface area contributed by atoms with Gasteiger partial charge in [0.2, 0.25) is 5.91 Å². The molecule has 0 spiro atoms. The van der Waals surface area contributed by atoms with Crippen molar-refractivity contribution in [1.82, 2.24) is 0 Å². The lowest BCUT2D eigenvalue weighted by atomic mass is 10.1. The fraction of sp³-hybridized carbons (Fsp3) is 0.500. The fourth-order valence-electron chi connectivity index (χ4n) is 1.51. The van der Waals surface area contributed by atoms with Gasteiger partial charge in [0, 0.05) is 7.05 Å². The Hall–Kier alpha value is -1.51. The van der Waals surface area contributed by atoms with Gasteiger partial charge in [-0.2, -0.15) is 0 Å². The average Bonchev–Trinajstić information content (AvgIpc) is 2.41. The maximum Gasteiger partial charge on any atom is 0.246 e. The summed E-state index contributed by atoms with van der Waals surface area (Å²) in [4.78, 5) is 13.4. The molecular formula is C14H24N2O. The third kappa shape index (κ3) is 3.48. The minimum Gasteiger partial charge on any atom is -0.361 e. The number of benzene rings is 1. The standard InChI is InChI=1S/C10H12N2O.2C2H6/c1-7-10(13)11-8-5-3-4-6-9(8)12(7)2;2*1-2/h3-7H,1-2H3,(H,11,13);2*1-2H3. The van der Waals surface area contributed by atoms with E-state index in [0.29, 0.717) is 0 Å². The van der Waals surface area contributed by atoms with Crippen molar-refractivity contribution in [2.45, 2.75) is 40.7 Å². The third-order valence-electron chi connectivity index (χ3n) is 2.50. The van der Waals surface area contributed by atoms with Crippen LogP contribution in [-0.2, 0) is 4.79 Å². The van der Waals surface area contributed by atoms with Crippen LogP contribution in [0.1, 0.15) is 34.6 Å². The molecule has 0 saturated heterocycles. The number of carbonyl (C=O) groups excluding carboxylic acids is 1. The molecule has 3 nitrogen and oxygen atoms in total. The second kappa shape index (κ2) is 7.71. The summed E-state index contributed by atoms with van der Waals surface area (Å²) in [6, 6.07) is 7.72. The van der Waals surface area contributed by atoms with E-state index >= 15 is 0 Å². The van der Waals surface area contributed by atoms with Crippen LogP contribution in [0.4, 0.5) is 11.4 Å². The van der Waals surface area contributed by atoms with Crippen molar-refractivity contribution < 1.29 is 4.79 Å². The lowest BCUT2D eigenvalue weighted by molar-refractivity contribution is -0.117. The quantitative estimate of drug-likeness (QED) is 0.747. The highest BCUT2D eigenvalue weighted by atomic mass is 16.2. The molecule has 2 rings (SSSR count). The number of carbonyl (C=O) groups is 1. The minimum atomic E-state index is -0.0881. The molecule has 1 aliphatic heterocycles. The van der Waals surface area contributed by atoms with Gasteiger partial charge in [-0.25, -0.2) is 0 Å².